The molecule has 1 fully saturated rings. The predicted molar refractivity (Wildman–Crippen MR) is 104 cm³/mol. The zero-order valence-corrected chi connectivity index (χ0v) is 17.2. The van der Waals surface area contributed by atoms with E-state index >= 15 is 0 Å². The molecule has 1 aliphatic heterocycles. The van der Waals surface area contributed by atoms with E-state index < -0.39 is 15.9 Å². The summed E-state index contributed by atoms with van der Waals surface area (Å²) in [6, 6.07) is 7.58. The van der Waals surface area contributed by atoms with Crippen LogP contribution in [-0.2, 0) is 14.8 Å². The lowest BCUT2D eigenvalue weighted by Crippen LogP contribution is -2.43. The molecular formula is C18H23N3O4S2. The molecule has 9 heteroatoms. The van der Waals surface area contributed by atoms with Crippen LogP contribution in [0.4, 0.5) is 5.69 Å². The maximum absolute atomic E-state index is 13.0. The van der Waals surface area contributed by atoms with Crippen LogP contribution in [0.3, 0.4) is 0 Å². The molecule has 2 heterocycles. The van der Waals surface area contributed by atoms with Gasteiger partial charge in [-0.25, -0.2) is 8.42 Å². The van der Waals surface area contributed by atoms with E-state index in [9.17, 15) is 13.2 Å². The molecule has 0 spiro atoms. The largest absolute Gasteiger partial charge is 0.360 e. The third kappa shape index (κ3) is 4.20. The number of sulfonamides is 1. The molecule has 1 amide bonds. The van der Waals surface area contributed by atoms with Gasteiger partial charge in [0, 0.05) is 23.7 Å². The van der Waals surface area contributed by atoms with Crippen molar-refractivity contribution < 1.29 is 17.7 Å². The number of rotatable bonds is 5. The average Bonchev–Trinajstić information content (AvgIpc) is 3.01. The third-order valence-electron chi connectivity index (χ3n) is 4.68. The lowest BCUT2D eigenvalue weighted by molar-refractivity contribution is -0.120. The Morgan fingerprint density at radius 1 is 1.30 bits per heavy atom. The van der Waals surface area contributed by atoms with Gasteiger partial charge in [-0.05, 0) is 57.2 Å². The van der Waals surface area contributed by atoms with E-state index in [1.165, 1.54) is 4.31 Å². The van der Waals surface area contributed by atoms with Gasteiger partial charge in [-0.2, -0.15) is 4.31 Å². The van der Waals surface area contributed by atoms with Crippen LogP contribution in [0.1, 0.15) is 24.3 Å². The lowest BCUT2D eigenvalue weighted by Gasteiger charge is -2.31. The Kier molecular flexibility index (Phi) is 5.92. The number of benzene rings is 1. The SMILES string of the molecule is CSc1ccc(NC(=O)[C@@H]2CCCN(S(=O)(=O)c3c(C)noc3C)C2)cc1. The highest BCUT2D eigenvalue weighted by atomic mass is 32.2. The number of aryl methyl sites for hydroxylation is 2. The van der Waals surface area contributed by atoms with Crippen LogP contribution in [0, 0.1) is 19.8 Å². The van der Waals surface area contributed by atoms with Gasteiger partial charge in [-0.15, -0.1) is 11.8 Å². The van der Waals surface area contributed by atoms with Crippen LogP contribution in [0.25, 0.3) is 0 Å². The highest BCUT2D eigenvalue weighted by Crippen LogP contribution is 2.28. The summed E-state index contributed by atoms with van der Waals surface area (Å²) < 4.78 is 32.3. The van der Waals surface area contributed by atoms with E-state index in [2.05, 4.69) is 10.5 Å². The van der Waals surface area contributed by atoms with Crippen molar-refractivity contribution in [3.63, 3.8) is 0 Å². The summed E-state index contributed by atoms with van der Waals surface area (Å²) >= 11 is 1.63. The third-order valence-corrected chi connectivity index (χ3v) is 7.53. The number of hydrogen-bond acceptors (Lipinski definition) is 6. The Morgan fingerprint density at radius 3 is 2.59 bits per heavy atom. The number of nitrogens with zero attached hydrogens (tertiary/aromatic N) is 2. The molecule has 1 saturated heterocycles. The second-order valence-electron chi connectivity index (χ2n) is 6.57. The Hall–Kier alpha value is -1.84. The van der Waals surface area contributed by atoms with Gasteiger partial charge >= 0.3 is 0 Å². The van der Waals surface area contributed by atoms with Gasteiger partial charge in [-0.3, -0.25) is 4.79 Å². The molecule has 1 atom stereocenters. The van der Waals surface area contributed by atoms with E-state index in [1.54, 1.807) is 25.6 Å². The van der Waals surface area contributed by atoms with Crippen molar-refractivity contribution in [3.05, 3.63) is 35.7 Å². The molecule has 2 aromatic rings. The zero-order chi connectivity index (χ0) is 19.6. The first-order valence-electron chi connectivity index (χ1n) is 8.71. The lowest BCUT2D eigenvalue weighted by atomic mass is 9.99. The molecular weight excluding hydrogens is 386 g/mol. The first kappa shape index (κ1) is 19.9. The van der Waals surface area contributed by atoms with Crippen molar-refractivity contribution in [1.29, 1.82) is 0 Å². The summed E-state index contributed by atoms with van der Waals surface area (Å²) in [4.78, 5) is 13.9. The standard InChI is InChI=1S/C18H23N3O4S2/c1-12-17(13(2)25-20-12)27(23,24)21-10-4-5-14(11-21)18(22)19-15-6-8-16(26-3)9-7-15/h6-9,14H,4-5,10-11H2,1-3H3,(H,19,22)/t14-/m1/s1. The van der Waals surface area contributed by atoms with Gasteiger partial charge in [-0.1, -0.05) is 5.16 Å². The molecule has 1 aromatic carbocycles. The minimum Gasteiger partial charge on any atom is -0.360 e. The van der Waals surface area contributed by atoms with Gasteiger partial charge in [0.05, 0.1) is 5.92 Å². The van der Waals surface area contributed by atoms with Crippen molar-refractivity contribution in [2.75, 3.05) is 24.7 Å². The molecule has 1 N–H and O–H groups in total. The monoisotopic (exact) mass is 409 g/mol. The molecule has 27 heavy (non-hydrogen) atoms. The van der Waals surface area contributed by atoms with Gasteiger partial charge in [0.1, 0.15) is 10.6 Å². The molecule has 146 valence electrons. The zero-order valence-electron chi connectivity index (χ0n) is 15.6. The molecule has 0 aliphatic carbocycles. The van der Waals surface area contributed by atoms with Gasteiger partial charge in [0.2, 0.25) is 15.9 Å². The smallest absolute Gasteiger partial charge is 0.248 e. The first-order valence-corrected chi connectivity index (χ1v) is 11.4. The fraction of sp³-hybridized carbons (Fsp3) is 0.444. The second kappa shape index (κ2) is 8.04. The maximum Gasteiger partial charge on any atom is 0.248 e. The molecule has 0 radical (unpaired) electrons. The highest BCUT2D eigenvalue weighted by Gasteiger charge is 2.36. The summed E-state index contributed by atoms with van der Waals surface area (Å²) in [5.74, 6) is -0.284. The normalized spacial score (nSPS) is 18.4. The number of hydrogen-bond donors (Lipinski definition) is 1. The summed E-state index contributed by atoms with van der Waals surface area (Å²) in [5.41, 5.74) is 1.05. The number of anilines is 1. The molecule has 7 nitrogen and oxygen atoms in total. The van der Waals surface area contributed by atoms with Crippen LogP contribution in [0.2, 0.25) is 0 Å². The summed E-state index contributed by atoms with van der Waals surface area (Å²) in [7, 11) is -3.73. The van der Waals surface area contributed by atoms with E-state index in [0.717, 1.165) is 4.90 Å². The van der Waals surface area contributed by atoms with Crippen LogP contribution in [0.5, 0.6) is 0 Å². The Labute approximate surface area is 163 Å². The van der Waals surface area contributed by atoms with Crippen LogP contribution >= 0.6 is 11.8 Å². The van der Waals surface area contributed by atoms with Crippen molar-refractivity contribution in [1.82, 2.24) is 9.46 Å². The minimum atomic E-state index is -3.73. The van der Waals surface area contributed by atoms with Gasteiger partial charge in [0.15, 0.2) is 5.76 Å². The Bertz CT molecular complexity index is 903. The summed E-state index contributed by atoms with van der Waals surface area (Å²) in [6.07, 6.45) is 3.28. The molecule has 0 unspecified atom stereocenters. The maximum atomic E-state index is 13.0. The van der Waals surface area contributed by atoms with Crippen LogP contribution in [-0.4, -0.2) is 43.1 Å². The van der Waals surface area contributed by atoms with Crippen LogP contribution < -0.4 is 5.32 Å². The average molecular weight is 410 g/mol. The van der Waals surface area contributed by atoms with E-state index in [4.69, 9.17) is 4.52 Å². The number of amides is 1. The number of piperidine rings is 1. The number of nitrogens with one attached hydrogen (secondary N) is 1. The summed E-state index contributed by atoms with van der Waals surface area (Å²) in [5, 5.41) is 6.63. The Balaban J connectivity index is 1.72. The van der Waals surface area contributed by atoms with Crippen molar-refractivity contribution in [2.45, 2.75) is 36.5 Å². The van der Waals surface area contributed by atoms with Crippen molar-refractivity contribution in [2.24, 2.45) is 5.92 Å². The fourth-order valence-corrected chi connectivity index (χ4v) is 5.49. The summed E-state index contributed by atoms with van der Waals surface area (Å²) in [6.45, 7) is 3.73. The topological polar surface area (TPSA) is 92.5 Å². The van der Waals surface area contributed by atoms with Gasteiger partial charge < -0.3 is 9.84 Å². The molecule has 0 saturated carbocycles. The number of aromatic nitrogens is 1. The van der Waals surface area contributed by atoms with Crippen LogP contribution in [0.15, 0.2) is 38.6 Å². The molecule has 1 aromatic heterocycles. The van der Waals surface area contributed by atoms with Gasteiger partial charge in [0.25, 0.3) is 0 Å². The quantitative estimate of drug-likeness (QED) is 0.763. The fourth-order valence-electron chi connectivity index (χ4n) is 3.27. The van der Waals surface area contributed by atoms with E-state index in [0.29, 0.717) is 30.8 Å². The minimum absolute atomic E-state index is 0.108. The number of carbonyl (C=O) groups is 1. The molecule has 1 aliphatic rings. The highest BCUT2D eigenvalue weighted by molar-refractivity contribution is 7.98. The van der Waals surface area contributed by atoms with E-state index in [-0.39, 0.29) is 23.1 Å². The Morgan fingerprint density at radius 2 is 2.00 bits per heavy atom. The molecule has 0 bridgehead atoms. The second-order valence-corrected chi connectivity index (χ2v) is 9.33. The van der Waals surface area contributed by atoms with E-state index in [1.807, 2.05) is 30.5 Å². The predicted octanol–water partition coefficient (Wildman–Crippen LogP) is 3.05. The van der Waals surface area contributed by atoms with Crippen molar-refractivity contribution >= 4 is 33.4 Å². The number of carbonyl (C=O) groups excluding carboxylic acids is 1. The first-order chi connectivity index (χ1) is 12.8. The number of thioether (sulfide) groups is 1. The molecule has 3 rings (SSSR count). The van der Waals surface area contributed by atoms with Crippen molar-refractivity contribution in [3.8, 4) is 0 Å².